The average molecular weight is 428 g/mol. The van der Waals surface area contributed by atoms with Crippen molar-refractivity contribution in [3.05, 3.63) is 71.6 Å². The summed E-state index contributed by atoms with van der Waals surface area (Å²) in [6.07, 6.45) is 0.537. The van der Waals surface area contributed by atoms with Crippen LogP contribution in [0.1, 0.15) is 36.8 Å². The number of aromatic nitrogens is 2. The lowest BCUT2D eigenvalue weighted by Gasteiger charge is -2.20. The lowest BCUT2D eigenvalue weighted by atomic mass is 10.2. The van der Waals surface area contributed by atoms with Gasteiger partial charge >= 0.3 is 6.09 Å². The number of nitrogens with one attached hydrogen (secondary N) is 2. The van der Waals surface area contributed by atoms with E-state index < -0.39 is 29.2 Å². The Bertz CT molecular complexity index is 1140. The number of amides is 2. The molecule has 0 aliphatic rings. The van der Waals surface area contributed by atoms with Crippen molar-refractivity contribution in [1.82, 2.24) is 9.78 Å². The molecule has 0 aliphatic heterocycles. The summed E-state index contributed by atoms with van der Waals surface area (Å²) in [6.45, 7) is 6.72. The molecule has 0 atom stereocenters. The number of hydrogen-bond donors (Lipinski definition) is 2. The van der Waals surface area contributed by atoms with Crippen molar-refractivity contribution in [1.29, 1.82) is 0 Å². The van der Waals surface area contributed by atoms with Crippen molar-refractivity contribution in [2.45, 2.75) is 33.3 Å². The summed E-state index contributed by atoms with van der Waals surface area (Å²) < 4.78 is 34.4. The van der Waals surface area contributed by atoms with Gasteiger partial charge in [-0.3, -0.25) is 10.1 Å². The van der Waals surface area contributed by atoms with Crippen molar-refractivity contribution in [2.75, 3.05) is 10.6 Å². The zero-order valence-electron chi connectivity index (χ0n) is 17.5. The highest BCUT2D eigenvalue weighted by Crippen LogP contribution is 2.25. The van der Waals surface area contributed by atoms with E-state index in [0.717, 1.165) is 12.1 Å². The minimum Gasteiger partial charge on any atom is -0.444 e. The molecular weight excluding hydrogens is 406 g/mol. The van der Waals surface area contributed by atoms with Gasteiger partial charge in [-0.05, 0) is 58.0 Å². The Balaban J connectivity index is 1.85. The molecule has 0 aliphatic carbocycles. The molecule has 7 nitrogen and oxygen atoms in total. The van der Waals surface area contributed by atoms with Crippen LogP contribution in [0.4, 0.5) is 25.0 Å². The highest BCUT2D eigenvalue weighted by Gasteiger charge is 2.20. The van der Waals surface area contributed by atoms with Gasteiger partial charge in [-0.25, -0.2) is 18.3 Å². The van der Waals surface area contributed by atoms with E-state index in [9.17, 15) is 18.4 Å². The average Bonchev–Trinajstić information content (AvgIpc) is 3.04. The Morgan fingerprint density at radius 2 is 1.74 bits per heavy atom. The number of carbonyl (C=O) groups is 2. The smallest absolute Gasteiger partial charge is 0.412 e. The molecular formula is C22H22F2N4O3. The first-order valence-corrected chi connectivity index (χ1v) is 9.45. The molecule has 0 radical (unpaired) electrons. The summed E-state index contributed by atoms with van der Waals surface area (Å²) in [6, 6.07) is 9.55. The first-order valence-electron chi connectivity index (χ1n) is 9.45. The maximum Gasteiger partial charge on any atom is 0.412 e. The van der Waals surface area contributed by atoms with Crippen molar-refractivity contribution in [2.24, 2.45) is 0 Å². The van der Waals surface area contributed by atoms with Crippen LogP contribution in [-0.2, 0) is 4.74 Å². The topological polar surface area (TPSA) is 85.2 Å². The number of ether oxygens (including phenoxy) is 1. The van der Waals surface area contributed by atoms with Crippen molar-refractivity contribution in [3.8, 4) is 5.69 Å². The lowest BCUT2D eigenvalue weighted by molar-refractivity contribution is 0.0635. The molecule has 31 heavy (non-hydrogen) atoms. The minimum absolute atomic E-state index is 0.0360. The Morgan fingerprint density at radius 1 is 1.03 bits per heavy atom. The molecule has 1 heterocycles. The lowest BCUT2D eigenvalue weighted by Crippen LogP contribution is -2.27. The van der Waals surface area contributed by atoms with Gasteiger partial charge in [0.15, 0.2) is 0 Å². The Labute approximate surface area is 178 Å². The fraction of sp³-hybridized carbons (Fsp3) is 0.227. The molecule has 2 N–H and O–H groups in total. The van der Waals surface area contributed by atoms with Crippen LogP contribution in [-0.4, -0.2) is 27.4 Å². The zero-order chi connectivity index (χ0) is 22.8. The monoisotopic (exact) mass is 428 g/mol. The number of rotatable bonds is 4. The van der Waals surface area contributed by atoms with Gasteiger partial charge in [0.05, 0.1) is 28.8 Å². The van der Waals surface area contributed by atoms with E-state index in [1.807, 2.05) is 0 Å². The first kappa shape index (κ1) is 21.9. The summed E-state index contributed by atoms with van der Waals surface area (Å²) in [5.74, 6) is -1.70. The van der Waals surface area contributed by atoms with E-state index >= 15 is 0 Å². The fourth-order valence-electron chi connectivity index (χ4n) is 2.83. The van der Waals surface area contributed by atoms with Gasteiger partial charge in [-0.1, -0.05) is 12.1 Å². The summed E-state index contributed by atoms with van der Waals surface area (Å²) in [5.41, 5.74) is 0.205. The molecule has 1 aromatic heterocycles. The normalized spacial score (nSPS) is 11.2. The van der Waals surface area contributed by atoms with E-state index in [1.54, 1.807) is 39.8 Å². The summed E-state index contributed by atoms with van der Waals surface area (Å²) >= 11 is 0. The van der Waals surface area contributed by atoms with Crippen molar-refractivity contribution >= 4 is 23.4 Å². The standard InChI is InChI=1S/C22H22F2N4O3/c1-13-15(12-25-28(13)19-8-6-5-7-16(19)24)20(29)26-18-11-14(23)9-10-17(18)27-21(30)31-22(2,3)4/h5-12H,1-4H3,(H,26,29)(H,27,30). The number of benzene rings is 2. The largest absolute Gasteiger partial charge is 0.444 e. The molecule has 3 rings (SSSR count). The van der Waals surface area contributed by atoms with Gasteiger partial charge in [0, 0.05) is 0 Å². The number of hydrogen-bond acceptors (Lipinski definition) is 4. The molecule has 3 aromatic rings. The third kappa shape index (κ3) is 5.25. The molecule has 0 spiro atoms. The second kappa shape index (κ2) is 8.55. The summed E-state index contributed by atoms with van der Waals surface area (Å²) in [5, 5.41) is 9.14. The van der Waals surface area contributed by atoms with Crippen molar-refractivity contribution in [3.63, 3.8) is 0 Å². The Hall–Kier alpha value is -3.75. The second-order valence-corrected chi connectivity index (χ2v) is 7.78. The molecule has 0 saturated heterocycles. The van der Waals surface area contributed by atoms with E-state index in [1.165, 1.54) is 29.1 Å². The molecule has 9 heteroatoms. The van der Waals surface area contributed by atoms with Crippen LogP contribution < -0.4 is 10.6 Å². The van der Waals surface area contributed by atoms with Gasteiger partial charge in [0.1, 0.15) is 22.9 Å². The number of halogens is 2. The van der Waals surface area contributed by atoms with Crippen LogP contribution in [0.5, 0.6) is 0 Å². The third-order valence-corrected chi connectivity index (χ3v) is 4.20. The number of nitrogens with zero attached hydrogens (tertiary/aromatic N) is 2. The first-order chi connectivity index (χ1) is 14.5. The van der Waals surface area contributed by atoms with E-state index in [0.29, 0.717) is 5.69 Å². The minimum atomic E-state index is -0.752. The van der Waals surface area contributed by atoms with E-state index in [4.69, 9.17) is 4.74 Å². The molecule has 0 bridgehead atoms. The van der Waals surface area contributed by atoms with Gasteiger partial charge in [0.2, 0.25) is 0 Å². The molecule has 0 fully saturated rings. The Morgan fingerprint density at radius 3 is 2.42 bits per heavy atom. The SMILES string of the molecule is Cc1c(C(=O)Nc2cc(F)ccc2NC(=O)OC(C)(C)C)cnn1-c1ccccc1F. The van der Waals surface area contributed by atoms with Crippen LogP contribution >= 0.6 is 0 Å². The quantitative estimate of drug-likeness (QED) is 0.608. The predicted octanol–water partition coefficient (Wildman–Crippen LogP) is 5.06. The van der Waals surface area contributed by atoms with Gasteiger partial charge in [0.25, 0.3) is 5.91 Å². The zero-order valence-corrected chi connectivity index (χ0v) is 17.5. The number of carbonyl (C=O) groups excluding carboxylic acids is 2. The third-order valence-electron chi connectivity index (χ3n) is 4.20. The maximum absolute atomic E-state index is 14.1. The van der Waals surface area contributed by atoms with Crippen LogP contribution in [0, 0.1) is 18.6 Å². The van der Waals surface area contributed by atoms with E-state index in [-0.39, 0.29) is 22.6 Å². The van der Waals surface area contributed by atoms with Crippen LogP contribution in [0.2, 0.25) is 0 Å². The van der Waals surface area contributed by atoms with Gasteiger partial charge in [-0.2, -0.15) is 5.10 Å². The van der Waals surface area contributed by atoms with Crippen molar-refractivity contribution < 1.29 is 23.1 Å². The predicted molar refractivity (Wildman–Crippen MR) is 112 cm³/mol. The van der Waals surface area contributed by atoms with E-state index in [2.05, 4.69) is 15.7 Å². The molecule has 0 unspecified atom stereocenters. The fourth-order valence-corrected chi connectivity index (χ4v) is 2.83. The van der Waals surface area contributed by atoms with Gasteiger partial charge < -0.3 is 10.1 Å². The van der Waals surface area contributed by atoms with Crippen LogP contribution in [0.15, 0.2) is 48.7 Å². The number of anilines is 2. The molecule has 0 saturated carbocycles. The van der Waals surface area contributed by atoms with Crippen LogP contribution in [0.3, 0.4) is 0 Å². The van der Waals surface area contributed by atoms with Gasteiger partial charge in [-0.15, -0.1) is 0 Å². The highest BCUT2D eigenvalue weighted by molar-refractivity contribution is 6.07. The second-order valence-electron chi connectivity index (χ2n) is 7.78. The number of para-hydroxylation sites is 1. The molecule has 162 valence electrons. The summed E-state index contributed by atoms with van der Waals surface area (Å²) in [4.78, 5) is 24.9. The maximum atomic E-state index is 14.1. The summed E-state index contributed by atoms with van der Waals surface area (Å²) in [7, 11) is 0. The Kier molecular flexibility index (Phi) is 6.05. The molecule has 2 aromatic carbocycles. The van der Waals surface area contributed by atoms with Crippen LogP contribution in [0.25, 0.3) is 5.69 Å². The highest BCUT2D eigenvalue weighted by atomic mass is 19.1. The molecule has 2 amide bonds.